The van der Waals surface area contributed by atoms with Gasteiger partial charge < -0.3 is 14.4 Å². The standard InChI is InChI=1S/C24H30N4O2S.C2H6O/c1-16(2)23-26-22-15-19(27-10-12-30-13-11-27)5-7-21(22)24(29)28(23)9-8-18-4-6-20(31-25)14-17(18)3;1-3-2/h4-7,14-16H,8-13,25H2,1-3H3;1-2H3. The van der Waals surface area contributed by atoms with Crippen molar-refractivity contribution in [2.24, 2.45) is 5.14 Å². The molecule has 0 amide bonds. The molecule has 1 aliphatic heterocycles. The lowest BCUT2D eigenvalue weighted by Crippen LogP contribution is -2.36. The zero-order chi connectivity index (χ0) is 24.7. The average molecular weight is 485 g/mol. The molecule has 2 heterocycles. The highest BCUT2D eigenvalue weighted by molar-refractivity contribution is 7.97. The molecule has 0 radical (unpaired) electrons. The highest BCUT2D eigenvalue weighted by Gasteiger charge is 2.17. The van der Waals surface area contributed by atoms with Crippen molar-refractivity contribution in [3.63, 3.8) is 0 Å². The van der Waals surface area contributed by atoms with Gasteiger partial charge >= 0.3 is 0 Å². The van der Waals surface area contributed by atoms with Crippen molar-refractivity contribution in [3.8, 4) is 0 Å². The maximum Gasteiger partial charge on any atom is 0.261 e. The number of anilines is 1. The smallest absolute Gasteiger partial charge is 0.261 e. The van der Waals surface area contributed by atoms with Crippen LogP contribution in [0.2, 0.25) is 0 Å². The fourth-order valence-corrected chi connectivity index (χ4v) is 4.55. The van der Waals surface area contributed by atoms with Crippen molar-refractivity contribution in [2.75, 3.05) is 45.4 Å². The number of hydrogen-bond acceptors (Lipinski definition) is 7. The summed E-state index contributed by atoms with van der Waals surface area (Å²) in [6.07, 6.45) is 0.778. The van der Waals surface area contributed by atoms with E-state index in [1.54, 1.807) is 14.2 Å². The number of nitrogens with zero attached hydrogens (tertiary/aromatic N) is 3. The highest BCUT2D eigenvalue weighted by atomic mass is 32.2. The van der Waals surface area contributed by atoms with E-state index >= 15 is 0 Å². The Kier molecular flexibility index (Phi) is 9.53. The molecule has 2 aromatic carbocycles. The number of methoxy groups -OCH3 is 1. The number of nitrogens with two attached hydrogens (primary N) is 1. The summed E-state index contributed by atoms with van der Waals surface area (Å²) < 4.78 is 11.6. The Balaban J connectivity index is 0.00000103. The van der Waals surface area contributed by atoms with Crippen LogP contribution in [0.1, 0.15) is 36.7 Å². The highest BCUT2D eigenvalue weighted by Crippen LogP contribution is 2.23. The van der Waals surface area contributed by atoms with Gasteiger partial charge in [0, 0.05) is 50.4 Å². The van der Waals surface area contributed by atoms with E-state index in [0.29, 0.717) is 11.9 Å². The van der Waals surface area contributed by atoms with Gasteiger partial charge in [0.2, 0.25) is 0 Å². The minimum atomic E-state index is 0.0361. The van der Waals surface area contributed by atoms with Gasteiger partial charge in [0.15, 0.2) is 0 Å². The van der Waals surface area contributed by atoms with Gasteiger partial charge in [-0.05, 0) is 66.8 Å². The summed E-state index contributed by atoms with van der Waals surface area (Å²) in [6.45, 7) is 10.1. The zero-order valence-electron chi connectivity index (χ0n) is 20.8. The summed E-state index contributed by atoms with van der Waals surface area (Å²) in [5.41, 5.74) is 4.33. The number of hydrogen-bond donors (Lipinski definition) is 1. The second-order valence-corrected chi connectivity index (χ2v) is 9.45. The van der Waals surface area contributed by atoms with Crippen LogP contribution in [0.3, 0.4) is 0 Å². The lowest BCUT2D eigenvalue weighted by molar-refractivity contribution is 0.122. The van der Waals surface area contributed by atoms with Crippen molar-refractivity contribution in [3.05, 3.63) is 63.7 Å². The van der Waals surface area contributed by atoms with Crippen molar-refractivity contribution in [1.29, 1.82) is 0 Å². The van der Waals surface area contributed by atoms with E-state index in [9.17, 15) is 4.79 Å². The normalized spacial score (nSPS) is 13.8. The zero-order valence-corrected chi connectivity index (χ0v) is 21.7. The van der Waals surface area contributed by atoms with E-state index in [-0.39, 0.29) is 11.5 Å². The Labute approximate surface area is 206 Å². The Morgan fingerprint density at radius 2 is 1.85 bits per heavy atom. The first-order valence-electron chi connectivity index (χ1n) is 11.6. The van der Waals surface area contributed by atoms with Gasteiger partial charge in [-0.25, -0.2) is 4.98 Å². The molecule has 2 N–H and O–H groups in total. The van der Waals surface area contributed by atoms with Crippen molar-refractivity contribution in [2.45, 2.75) is 44.6 Å². The van der Waals surface area contributed by atoms with Gasteiger partial charge in [-0.2, -0.15) is 0 Å². The number of fused-ring (bicyclic) bond motifs is 1. The van der Waals surface area contributed by atoms with Crippen LogP contribution in [0.4, 0.5) is 5.69 Å². The summed E-state index contributed by atoms with van der Waals surface area (Å²) in [7, 11) is 3.25. The second kappa shape index (κ2) is 12.4. The van der Waals surface area contributed by atoms with Gasteiger partial charge in [0.1, 0.15) is 5.82 Å². The third-order valence-corrected chi connectivity index (χ3v) is 6.44. The van der Waals surface area contributed by atoms with Crippen LogP contribution in [0.15, 0.2) is 46.1 Å². The van der Waals surface area contributed by atoms with E-state index < -0.39 is 0 Å². The first-order chi connectivity index (χ1) is 16.4. The van der Waals surface area contributed by atoms with E-state index in [4.69, 9.17) is 14.9 Å². The van der Waals surface area contributed by atoms with Gasteiger partial charge in [0.05, 0.1) is 24.1 Å². The molecule has 1 saturated heterocycles. The lowest BCUT2D eigenvalue weighted by atomic mass is 10.1. The maximum atomic E-state index is 13.4. The van der Waals surface area contributed by atoms with Gasteiger partial charge in [0.25, 0.3) is 5.56 Å². The Hall–Kier alpha value is -2.39. The maximum absolute atomic E-state index is 13.4. The predicted octanol–water partition coefficient (Wildman–Crippen LogP) is 4.14. The molecule has 1 fully saturated rings. The minimum absolute atomic E-state index is 0.0361. The van der Waals surface area contributed by atoms with E-state index in [1.165, 1.54) is 23.1 Å². The second-order valence-electron chi connectivity index (χ2n) is 8.75. The van der Waals surface area contributed by atoms with Gasteiger partial charge in [-0.3, -0.25) is 14.5 Å². The number of aromatic nitrogens is 2. The molecule has 4 rings (SSSR count). The van der Waals surface area contributed by atoms with Gasteiger partial charge in [-0.1, -0.05) is 19.9 Å². The summed E-state index contributed by atoms with van der Waals surface area (Å²) in [5, 5.41) is 6.35. The quantitative estimate of drug-likeness (QED) is 0.527. The molecule has 34 heavy (non-hydrogen) atoms. The molecule has 3 aromatic rings. The number of morpholine rings is 1. The van der Waals surface area contributed by atoms with E-state index in [1.807, 2.05) is 28.8 Å². The number of ether oxygens (including phenoxy) is 2. The number of aryl methyl sites for hydroxylation is 2. The monoisotopic (exact) mass is 484 g/mol. The number of benzene rings is 2. The largest absolute Gasteiger partial charge is 0.388 e. The summed E-state index contributed by atoms with van der Waals surface area (Å²) in [4.78, 5) is 21.7. The van der Waals surface area contributed by atoms with Crippen molar-refractivity contribution >= 4 is 28.5 Å². The SMILES string of the molecule is COC.Cc1cc(SN)ccc1CCn1c(C(C)C)nc2cc(N3CCOCC3)ccc2c1=O. The van der Waals surface area contributed by atoms with Crippen LogP contribution in [0.25, 0.3) is 10.9 Å². The third kappa shape index (κ3) is 6.18. The molecule has 0 saturated carbocycles. The van der Waals surface area contributed by atoms with Crippen LogP contribution >= 0.6 is 11.9 Å². The van der Waals surface area contributed by atoms with Crippen molar-refractivity contribution < 1.29 is 9.47 Å². The Morgan fingerprint density at radius 1 is 1.15 bits per heavy atom. The molecule has 184 valence electrons. The van der Waals surface area contributed by atoms with E-state index in [2.05, 4.69) is 42.5 Å². The summed E-state index contributed by atoms with van der Waals surface area (Å²) >= 11 is 1.25. The summed E-state index contributed by atoms with van der Waals surface area (Å²) in [6, 6.07) is 12.2. The molecule has 0 aliphatic carbocycles. The van der Waals surface area contributed by atoms with Crippen LogP contribution < -0.4 is 15.6 Å². The topological polar surface area (TPSA) is 82.6 Å². The van der Waals surface area contributed by atoms with Crippen molar-refractivity contribution in [1.82, 2.24) is 9.55 Å². The molecule has 8 heteroatoms. The van der Waals surface area contributed by atoms with Crippen LogP contribution in [-0.4, -0.2) is 50.1 Å². The molecule has 0 bridgehead atoms. The first-order valence-corrected chi connectivity index (χ1v) is 12.5. The fourth-order valence-electron chi connectivity index (χ4n) is 4.16. The molecule has 7 nitrogen and oxygen atoms in total. The molecular weight excluding hydrogens is 448 g/mol. The van der Waals surface area contributed by atoms with Crippen LogP contribution in [0.5, 0.6) is 0 Å². The van der Waals surface area contributed by atoms with Crippen LogP contribution in [-0.2, 0) is 22.4 Å². The molecule has 0 atom stereocenters. The molecule has 0 spiro atoms. The minimum Gasteiger partial charge on any atom is -0.388 e. The molecule has 1 aromatic heterocycles. The number of rotatable bonds is 6. The molecule has 1 aliphatic rings. The van der Waals surface area contributed by atoms with Gasteiger partial charge in [-0.15, -0.1) is 0 Å². The fraction of sp³-hybridized carbons (Fsp3) is 0.462. The van der Waals surface area contributed by atoms with Crippen LogP contribution in [0, 0.1) is 6.92 Å². The molecule has 0 unspecified atom stereocenters. The Morgan fingerprint density at radius 3 is 2.47 bits per heavy atom. The lowest BCUT2D eigenvalue weighted by Gasteiger charge is -2.29. The first kappa shape index (κ1) is 26.2. The van der Waals surface area contributed by atoms with E-state index in [0.717, 1.165) is 54.6 Å². The third-order valence-electron chi connectivity index (χ3n) is 5.92. The average Bonchev–Trinajstić information content (AvgIpc) is 2.84. The summed E-state index contributed by atoms with van der Waals surface area (Å²) in [5.74, 6) is 0.990. The Bertz CT molecular complexity index is 1160. The predicted molar refractivity (Wildman–Crippen MR) is 141 cm³/mol. The molecular formula is C26H36N4O3S.